The number of methoxy groups -OCH3 is 1. The number of benzene rings is 1. The molecule has 5 nitrogen and oxygen atoms in total. The fourth-order valence-electron chi connectivity index (χ4n) is 5.01. The molecule has 1 saturated carbocycles. The summed E-state index contributed by atoms with van der Waals surface area (Å²) in [6, 6.07) is 10.5. The summed E-state index contributed by atoms with van der Waals surface area (Å²) in [5, 5.41) is 8.07. The first kappa shape index (κ1) is 20.1. The zero-order valence-electron chi connectivity index (χ0n) is 17.9. The van der Waals surface area contributed by atoms with Gasteiger partial charge in [-0.2, -0.15) is 5.10 Å². The minimum atomic E-state index is 0.0358. The molecule has 0 unspecified atom stereocenters. The SMILES string of the molecule is CO[C@@H]1CCC[C@H](C(=O)N[C@@H]2CC(C)(C)Cc3c2cnn3Cc2ccccc2)C1. The number of nitrogens with zero attached hydrogens (tertiary/aromatic N) is 2. The first-order valence-corrected chi connectivity index (χ1v) is 10.9. The maximum atomic E-state index is 13.1. The summed E-state index contributed by atoms with van der Waals surface area (Å²) in [5.41, 5.74) is 3.82. The summed E-state index contributed by atoms with van der Waals surface area (Å²) in [7, 11) is 1.75. The van der Waals surface area contributed by atoms with Crippen LogP contribution in [0.4, 0.5) is 0 Å². The van der Waals surface area contributed by atoms with Gasteiger partial charge in [-0.05, 0) is 43.1 Å². The lowest BCUT2D eigenvalue weighted by Gasteiger charge is -2.37. The van der Waals surface area contributed by atoms with Crippen LogP contribution in [0.5, 0.6) is 0 Å². The highest BCUT2D eigenvalue weighted by Crippen LogP contribution is 2.41. The van der Waals surface area contributed by atoms with Crippen LogP contribution in [-0.4, -0.2) is 28.9 Å². The summed E-state index contributed by atoms with van der Waals surface area (Å²) in [4.78, 5) is 13.1. The molecule has 0 radical (unpaired) electrons. The van der Waals surface area contributed by atoms with Crippen LogP contribution in [-0.2, 0) is 22.5 Å². The van der Waals surface area contributed by atoms with E-state index in [1.54, 1.807) is 7.11 Å². The van der Waals surface area contributed by atoms with Gasteiger partial charge in [0.1, 0.15) is 0 Å². The van der Waals surface area contributed by atoms with E-state index in [0.29, 0.717) is 0 Å². The van der Waals surface area contributed by atoms with Crippen LogP contribution in [0.3, 0.4) is 0 Å². The summed E-state index contributed by atoms with van der Waals surface area (Å²) in [6.07, 6.45) is 8.03. The normalized spacial score (nSPS) is 26.0. The van der Waals surface area contributed by atoms with E-state index in [1.807, 2.05) is 12.3 Å². The number of amides is 1. The number of aromatic nitrogens is 2. The van der Waals surface area contributed by atoms with Crippen LogP contribution in [0, 0.1) is 11.3 Å². The Kier molecular flexibility index (Phi) is 5.77. The first-order chi connectivity index (χ1) is 13.9. The third-order valence-corrected chi connectivity index (χ3v) is 6.58. The van der Waals surface area contributed by atoms with Crippen molar-refractivity contribution in [3.63, 3.8) is 0 Å². The topological polar surface area (TPSA) is 56.1 Å². The van der Waals surface area contributed by atoms with E-state index in [-0.39, 0.29) is 29.4 Å². The summed E-state index contributed by atoms with van der Waals surface area (Å²) in [6.45, 7) is 5.35. The molecule has 29 heavy (non-hydrogen) atoms. The Labute approximate surface area is 173 Å². The fourth-order valence-corrected chi connectivity index (χ4v) is 5.01. The van der Waals surface area contributed by atoms with E-state index in [2.05, 4.69) is 48.1 Å². The number of ether oxygens (including phenoxy) is 1. The molecular formula is C24H33N3O2. The molecule has 156 valence electrons. The van der Waals surface area contributed by atoms with Crippen molar-refractivity contribution >= 4 is 5.91 Å². The third kappa shape index (κ3) is 4.55. The number of hydrogen-bond donors (Lipinski definition) is 1. The van der Waals surface area contributed by atoms with Gasteiger partial charge in [-0.25, -0.2) is 0 Å². The molecule has 0 spiro atoms. The lowest BCUT2D eigenvalue weighted by molar-refractivity contribution is -0.128. The predicted octanol–water partition coefficient (Wildman–Crippen LogP) is 4.27. The first-order valence-electron chi connectivity index (χ1n) is 10.9. The number of fused-ring (bicyclic) bond motifs is 1. The number of carbonyl (C=O) groups excluding carboxylic acids is 1. The molecule has 0 aliphatic heterocycles. The van der Waals surface area contributed by atoms with Crippen LogP contribution in [0.15, 0.2) is 36.5 Å². The van der Waals surface area contributed by atoms with Crippen molar-refractivity contribution in [2.75, 3.05) is 7.11 Å². The molecule has 1 aromatic carbocycles. The number of nitrogens with one attached hydrogen (secondary N) is 1. The Balaban J connectivity index is 1.52. The standard InChI is InChI=1S/C24H33N3O2/c1-24(2)13-21(26-23(28)18-10-7-11-19(12-18)29-3)20-15-25-27(22(20)14-24)16-17-8-5-4-6-9-17/h4-6,8-9,15,18-19,21H,7,10-14,16H2,1-3H3,(H,26,28)/t18-,19+,21+/m0/s1. The lowest BCUT2D eigenvalue weighted by atomic mass is 9.74. The molecule has 1 N–H and O–H groups in total. The molecular weight excluding hydrogens is 362 g/mol. The van der Waals surface area contributed by atoms with E-state index >= 15 is 0 Å². The molecule has 5 heteroatoms. The molecule has 4 rings (SSSR count). The zero-order chi connectivity index (χ0) is 20.4. The van der Waals surface area contributed by atoms with E-state index in [0.717, 1.165) is 45.1 Å². The van der Waals surface area contributed by atoms with Gasteiger partial charge in [-0.1, -0.05) is 50.6 Å². The fraction of sp³-hybridized carbons (Fsp3) is 0.583. The van der Waals surface area contributed by atoms with Crippen molar-refractivity contribution in [1.82, 2.24) is 15.1 Å². The summed E-state index contributed by atoms with van der Waals surface area (Å²) in [5.74, 6) is 0.234. The number of carbonyl (C=O) groups is 1. The lowest BCUT2D eigenvalue weighted by Crippen LogP contribution is -2.41. The van der Waals surface area contributed by atoms with Gasteiger partial charge in [0.2, 0.25) is 5.91 Å². The maximum absolute atomic E-state index is 13.1. The minimum absolute atomic E-state index is 0.0358. The Morgan fingerprint density at radius 3 is 2.83 bits per heavy atom. The highest BCUT2D eigenvalue weighted by molar-refractivity contribution is 5.79. The molecule has 3 atom stereocenters. The number of hydrogen-bond acceptors (Lipinski definition) is 3. The van der Waals surface area contributed by atoms with Gasteiger partial charge in [-0.15, -0.1) is 0 Å². The molecule has 0 saturated heterocycles. The maximum Gasteiger partial charge on any atom is 0.223 e. The van der Waals surface area contributed by atoms with Gasteiger partial charge >= 0.3 is 0 Å². The van der Waals surface area contributed by atoms with Crippen molar-refractivity contribution in [3.8, 4) is 0 Å². The third-order valence-electron chi connectivity index (χ3n) is 6.58. The average molecular weight is 396 g/mol. The van der Waals surface area contributed by atoms with Crippen molar-refractivity contribution in [1.29, 1.82) is 0 Å². The molecule has 1 fully saturated rings. The van der Waals surface area contributed by atoms with E-state index < -0.39 is 0 Å². The Bertz CT molecular complexity index is 843. The second-order valence-corrected chi connectivity index (χ2v) is 9.52. The van der Waals surface area contributed by atoms with E-state index in [1.165, 1.54) is 16.8 Å². The van der Waals surface area contributed by atoms with Crippen molar-refractivity contribution < 1.29 is 9.53 Å². The highest BCUT2D eigenvalue weighted by Gasteiger charge is 2.37. The van der Waals surface area contributed by atoms with Crippen LogP contribution >= 0.6 is 0 Å². The second-order valence-electron chi connectivity index (χ2n) is 9.52. The van der Waals surface area contributed by atoms with E-state index in [4.69, 9.17) is 9.84 Å². The van der Waals surface area contributed by atoms with Crippen LogP contribution < -0.4 is 5.32 Å². The molecule has 2 aromatic rings. The average Bonchev–Trinajstić information content (AvgIpc) is 3.10. The predicted molar refractivity (Wildman–Crippen MR) is 114 cm³/mol. The van der Waals surface area contributed by atoms with Gasteiger partial charge in [0.25, 0.3) is 0 Å². The van der Waals surface area contributed by atoms with Crippen molar-refractivity contribution in [2.45, 2.75) is 71.1 Å². The highest BCUT2D eigenvalue weighted by atomic mass is 16.5. The molecule has 0 bridgehead atoms. The van der Waals surface area contributed by atoms with Crippen molar-refractivity contribution in [2.24, 2.45) is 11.3 Å². The quantitative estimate of drug-likeness (QED) is 0.823. The zero-order valence-corrected chi connectivity index (χ0v) is 17.9. The van der Waals surface area contributed by atoms with Gasteiger partial charge in [0, 0.05) is 24.3 Å². The van der Waals surface area contributed by atoms with Gasteiger partial charge in [0.15, 0.2) is 0 Å². The van der Waals surface area contributed by atoms with Crippen molar-refractivity contribution in [3.05, 3.63) is 53.3 Å². The molecule has 2 aliphatic rings. The Morgan fingerprint density at radius 2 is 2.07 bits per heavy atom. The van der Waals surface area contributed by atoms with Crippen LogP contribution in [0.2, 0.25) is 0 Å². The van der Waals surface area contributed by atoms with Crippen LogP contribution in [0.25, 0.3) is 0 Å². The smallest absolute Gasteiger partial charge is 0.223 e. The second kappa shape index (κ2) is 8.31. The van der Waals surface area contributed by atoms with Gasteiger partial charge in [-0.3, -0.25) is 9.48 Å². The molecule has 1 aromatic heterocycles. The van der Waals surface area contributed by atoms with Gasteiger partial charge < -0.3 is 10.1 Å². The largest absolute Gasteiger partial charge is 0.381 e. The number of rotatable bonds is 5. The minimum Gasteiger partial charge on any atom is -0.381 e. The Hall–Kier alpha value is -2.14. The van der Waals surface area contributed by atoms with E-state index in [9.17, 15) is 4.79 Å². The summed E-state index contributed by atoms with van der Waals surface area (Å²) < 4.78 is 7.63. The summed E-state index contributed by atoms with van der Waals surface area (Å²) >= 11 is 0. The molecule has 1 amide bonds. The molecule has 1 heterocycles. The monoisotopic (exact) mass is 395 g/mol. The van der Waals surface area contributed by atoms with Crippen LogP contribution in [0.1, 0.15) is 68.8 Å². The Morgan fingerprint density at radius 1 is 1.28 bits per heavy atom. The molecule has 2 aliphatic carbocycles. The van der Waals surface area contributed by atoms with Gasteiger partial charge in [0.05, 0.1) is 24.9 Å².